The van der Waals surface area contributed by atoms with Gasteiger partial charge in [0, 0.05) is 0 Å². The first-order valence-corrected chi connectivity index (χ1v) is 6.89. The molecule has 0 rings (SSSR count). The number of hydrogen-bond acceptors (Lipinski definition) is 1. The van der Waals surface area contributed by atoms with Crippen LogP contribution in [0, 0.1) is 10.8 Å². The van der Waals surface area contributed by atoms with Crippen molar-refractivity contribution in [2.24, 2.45) is 10.8 Å². The maximum atomic E-state index is 10.1. The summed E-state index contributed by atoms with van der Waals surface area (Å²) >= 11 is 0. The van der Waals surface area contributed by atoms with Crippen LogP contribution in [0.25, 0.3) is 0 Å². The lowest BCUT2D eigenvalue weighted by molar-refractivity contribution is 0.352. The highest BCUT2D eigenvalue weighted by atomic mass is 16.3. The quantitative estimate of drug-likeness (QED) is 0.466. The Morgan fingerprint density at radius 3 is 1.83 bits per heavy atom. The summed E-state index contributed by atoms with van der Waals surface area (Å²) in [5.74, 6) is 0.370. The zero-order valence-corrected chi connectivity index (χ0v) is 13.2. The molecule has 0 saturated carbocycles. The molecular formula is C17H30O. The Morgan fingerprint density at radius 2 is 1.50 bits per heavy atom. The summed E-state index contributed by atoms with van der Waals surface area (Å²) in [5.41, 5.74) is 2.10. The van der Waals surface area contributed by atoms with E-state index in [2.05, 4.69) is 54.2 Å². The second kappa shape index (κ2) is 6.26. The van der Waals surface area contributed by atoms with E-state index in [9.17, 15) is 5.11 Å². The average Bonchev–Trinajstić information content (AvgIpc) is 2.34. The van der Waals surface area contributed by atoms with Crippen LogP contribution >= 0.6 is 0 Å². The molecule has 1 heteroatoms. The topological polar surface area (TPSA) is 20.2 Å². The Labute approximate surface area is 113 Å². The Kier molecular flexibility index (Phi) is 5.92. The van der Waals surface area contributed by atoms with Crippen LogP contribution in [0.2, 0.25) is 0 Å². The van der Waals surface area contributed by atoms with Crippen molar-refractivity contribution in [2.45, 2.75) is 61.3 Å². The molecule has 0 aromatic carbocycles. The molecule has 0 aromatic heterocycles. The summed E-state index contributed by atoms with van der Waals surface area (Å²) in [7, 11) is 0. The number of aliphatic hydroxyl groups excluding tert-OH is 1. The smallest absolute Gasteiger partial charge is 0.115 e. The maximum absolute atomic E-state index is 10.1. The van der Waals surface area contributed by atoms with Crippen molar-refractivity contribution in [2.75, 3.05) is 0 Å². The van der Waals surface area contributed by atoms with Crippen molar-refractivity contribution < 1.29 is 5.11 Å². The molecule has 0 spiro atoms. The standard InChI is InChI=1S/C17H30O/c1-9-15(18)14(17(7,8)11-3)12-13(4)16(5,6)10-2/h9,12,18H,4,10-11H2,1-3,5-8H3/b14-12+,15-9+. The van der Waals surface area contributed by atoms with Crippen LogP contribution in [0.1, 0.15) is 61.3 Å². The van der Waals surface area contributed by atoms with E-state index in [-0.39, 0.29) is 10.8 Å². The SMILES string of the molecule is C=C(/C=C(\C(O)=C/C)C(C)(C)CC)C(C)(C)CC. The van der Waals surface area contributed by atoms with Gasteiger partial charge in [-0.1, -0.05) is 54.2 Å². The first-order valence-electron chi connectivity index (χ1n) is 6.89. The van der Waals surface area contributed by atoms with Crippen molar-refractivity contribution >= 4 is 0 Å². The van der Waals surface area contributed by atoms with E-state index >= 15 is 0 Å². The first kappa shape index (κ1) is 17.0. The molecule has 104 valence electrons. The molecule has 18 heavy (non-hydrogen) atoms. The normalized spacial score (nSPS) is 14.8. The molecule has 0 heterocycles. The fourth-order valence-electron chi connectivity index (χ4n) is 1.56. The molecule has 0 aliphatic rings. The molecule has 0 bridgehead atoms. The summed E-state index contributed by atoms with van der Waals surface area (Å²) in [4.78, 5) is 0. The van der Waals surface area contributed by atoms with Gasteiger partial charge in [-0.15, -0.1) is 0 Å². The lowest BCUT2D eigenvalue weighted by Gasteiger charge is -2.30. The van der Waals surface area contributed by atoms with Gasteiger partial charge < -0.3 is 5.11 Å². The molecule has 0 amide bonds. The van der Waals surface area contributed by atoms with Gasteiger partial charge in [0.1, 0.15) is 5.76 Å². The zero-order chi connectivity index (χ0) is 14.6. The Morgan fingerprint density at radius 1 is 1.06 bits per heavy atom. The minimum absolute atomic E-state index is 0.0383. The van der Waals surface area contributed by atoms with Crippen molar-refractivity contribution in [1.29, 1.82) is 0 Å². The average molecular weight is 250 g/mol. The summed E-state index contributed by atoms with van der Waals surface area (Å²) in [5, 5.41) is 10.1. The largest absolute Gasteiger partial charge is 0.508 e. The van der Waals surface area contributed by atoms with Crippen molar-refractivity contribution in [3.05, 3.63) is 35.6 Å². The third kappa shape index (κ3) is 4.04. The first-order chi connectivity index (χ1) is 8.12. The summed E-state index contributed by atoms with van der Waals surface area (Å²) in [6.45, 7) is 19.1. The third-order valence-corrected chi connectivity index (χ3v) is 4.23. The van der Waals surface area contributed by atoms with Gasteiger partial charge >= 0.3 is 0 Å². The van der Waals surface area contributed by atoms with Crippen LogP contribution in [0.4, 0.5) is 0 Å². The molecule has 0 radical (unpaired) electrons. The number of aliphatic hydroxyl groups is 1. The molecule has 1 nitrogen and oxygen atoms in total. The van der Waals surface area contributed by atoms with Crippen LogP contribution in [0.5, 0.6) is 0 Å². The van der Waals surface area contributed by atoms with E-state index in [0.717, 1.165) is 24.0 Å². The van der Waals surface area contributed by atoms with Gasteiger partial charge in [0.25, 0.3) is 0 Å². The van der Waals surface area contributed by atoms with Gasteiger partial charge in [0.2, 0.25) is 0 Å². The van der Waals surface area contributed by atoms with Crippen molar-refractivity contribution in [3.8, 4) is 0 Å². The fourth-order valence-corrected chi connectivity index (χ4v) is 1.56. The highest BCUT2D eigenvalue weighted by Gasteiger charge is 2.26. The fraction of sp³-hybridized carbons (Fsp3) is 0.647. The second-order valence-corrected chi connectivity index (χ2v) is 6.23. The monoisotopic (exact) mass is 250 g/mol. The minimum atomic E-state index is -0.0383. The van der Waals surface area contributed by atoms with Crippen LogP contribution in [-0.4, -0.2) is 5.11 Å². The third-order valence-electron chi connectivity index (χ3n) is 4.23. The van der Waals surface area contributed by atoms with E-state index in [1.807, 2.05) is 6.92 Å². The summed E-state index contributed by atoms with van der Waals surface area (Å²) < 4.78 is 0. The van der Waals surface area contributed by atoms with Crippen molar-refractivity contribution in [1.82, 2.24) is 0 Å². The molecule has 0 aliphatic heterocycles. The molecule has 0 atom stereocenters. The Hall–Kier alpha value is -0.980. The number of rotatable bonds is 6. The Bertz CT molecular complexity index is 354. The molecular weight excluding hydrogens is 220 g/mol. The highest BCUT2D eigenvalue weighted by Crippen LogP contribution is 2.38. The van der Waals surface area contributed by atoms with Crippen LogP contribution in [0.15, 0.2) is 35.6 Å². The maximum Gasteiger partial charge on any atom is 0.115 e. The molecule has 0 aliphatic carbocycles. The number of hydrogen-bond donors (Lipinski definition) is 1. The second-order valence-electron chi connectivity index (χ2n) is 6.23. The zero-order valence-electron chi connectivity index (χ0n) is 13.2. The van der Waals surface area contributed by atoms with Gasteiger partial charge in [-0.3, -0.25) is 0 Å². The van der Waals surface area contributed by atoms with Gasteiger partial charge in [-0.25, -0.2) is 0 Å². The van der Waals surface area contributed by atoms with Crippen molar-refractivity contribution in [3.63, 3.8) is 0 Å². The molecule has 0 aromatic rings. The van der Waals surface area contributed by atoms with Crippen LogP contribution in [0.3, 0.4) is 0 Å². The van der Waals surface area contributed by atoms with E-state index < -0.39 is 0 Å². The highest BCUT2D eigenvalue weighted by molar-refractivity contribution is 5.38. The summed E-state index contributed by atoms with van der Waals surface area (Å²) in [6.07, 6.45) is 5.85. The van der Waals surface area contributed by atoms with Crippen LogP contribution in [-0.2, 0) is 0 Å². The molecule has 0 saturated heterocycles. The predicted octanol–water partition coefficient (Wildman–Crippen LogP) is 5.80. The summed E-state index contributed by atoms with van der Waals surface area (Å²) in [6, 6.07) is 0. The van der Waals surface area contributed by atoms with Crippen LogP contribution < -0.4 is 0 Å². The predicted molar refractivity (Wildman–Crippen MR) is 81.8 cm³/mol. The lowest BCUT2D eigenvalue weighted by atomic mass is 9.76. The number of allylic oxidation sites excluding steroid dienone is 4. The van der Waals surface area contributed by atoms with Gasteiger partial charge in [0.05, 0.1) is 0 Å². The van der Waals surface area contributed by atoms with E-state index in [1.165, 1.54) is 0 Å². The lowest BCUT2D eigenvalue weighted by Crippen LogP contribution is -2.18. The Balaban J connectivity index is 5.56. The molecule has 0 unspecified atom stereocenters. The molecule has 0 fully saturated rings. The van der Waals surface area contributed by atoms with Gasteiger partial charge in [-0.05, 0) is 47.8 Å². The van der Waals surface area contributed by atoms with Gasteiger partial charge in [0.15, 0.2) is 0 Å². The van der Waals surface area contributed by atoms with Gasteiger partial charge in [-0.2, -0.15) is 0 Å². The van der Waals surface area contributed by atoms with E-state index in [1.54, 1.807) is 6.08 Å². The minimum Gasteiger partial charge on any atom is -0.508 e. The van der Waals surface area contributed by atoms with E-state index in [0.29, 0.717) is 5.76 Å². The van der Waals surface area contributed by atoms with E-state index in [4.69, 9.17) is 0 Å². The molecule has 1 N–H and O–H groups in total.